The molecule has 31 heavy (non-hydrogen) atoms. The Morgan fingerprint density at radius 2 is 1.81 bits per heavy atom. The van der Waals surface area contributed by atoms with Crippen LogP contribution in [0.1, 0.15) is 88.9 Å². The third kappa shape index (κ3) is 3.50. The fourth-order valence-corrected chi connectivity index (χ4v) is 8.95. The molecule has 5 rings (SSSR count). The zero-order valence-electron chi connectivity index (χ0n) is 19.2. The summed E-state index contributed by atoms with van der Waals surface area (Å²) in [5.41, 5.74) is 0.631. The third-order valence-electron chi connectivity index (χ3n) is 10.5. The van der Waals surface area contributed by atoms with Gasteiger partial charge in [-0.15, -0.1) is 0 Å². The minimum atomic E-state index is -0.499. The van der Waals surface area contributed by atoms with E-state index in [1.165, 1.54) is 38.5 Å². The highest BCUT2D eigenvalue weighted by Crippen LogP contribution is 2.68. The van der Waals surface area contributed by atoms with Gasteiger partial charge in [-0.3, -0.25) is 0 Å². The molecular weight excluding hydrogens is 499 g/mol. The highest BCUT2D eigenvalue weighted by molar-refractivity contribution is 14.1. The van der Waals surface area contributed by atoms with E-state index in [-0.39, 0.29) is 17.5 Å². The second kappa shape index (κ2) is 7.72. The summed E-state index contributed by atoms with van der Waals surface area (Å²) < 4.78 is 7.07. The average molecular weight is 536 g/mol. The number of aliphatic hydroxyl groups is 1. The van der Waals surface area contributed by atoms with Crippen molar-refractivity contribution >= 4 is 28.6 Å². The summed E-state index contributed by atoms with van der Waals surface area (Å²) in [5.74, 6) is 2.70. The molecule has 3 nitrogen and oxygen atoms in total. The molecule has 0 bridgehead atoms. The summed E-state index contributed by atoms with van der Waals surface area (Å²) in [6.07, 6.45) is 10.4. The van der Waals surface area contributed by atoms with Crippen LogP contribution in [0.25, 0.3) is 0 Å². The Morgan fingerprint density at radius 1 is 1.03 bits per heavy atom. The van der Waals surface area contributed by atoms with Gasteiger partial charge in [0, 0.05) is 3.57 Å². The predicted molar refractivity (Wildman–Crippen MR) is 131 cm³/mol. The summed E-state index contributed by atoms with van der Waals surface area (Å²) in [4.78, 5) is 12.7. The lowest BCUT2D eigenvalue weighted by Crippen LogP contribution is -2.56. The van der Waals surface area contributed by atoms with Gasteiger partial charge in [0.05, 0.1) is 11.2 Å². The van der Waals surface area contributed by atoms with Crippen molar-refractivity contribution in [1.29, 1.82) is 0 Å². The van der Waals surface area contributed by atoms with Gasteiger partial charge < -0.3 is 9.84 Å². The Hall–Kier alpha value is -0.620. The van der Waals surface area contributed by atoms with Gasteiger partial charge in [-0.05, 0) is 140 Å². The number of rotatable bonds is 2. The maximum Gasteiger partial charge on any atom is 0.338 e. The molecule has 0 radical (unpaired) electrons. The first-order valence-corrected chi connectivity index (χ1v) is 13.4. The summed E-state index contributed by atoms with van der Waals surface area (Å²) in [6.45, 7) is 7.01. The molecule has 0 aliphatic heterocycles. The summed E-state index contributed by atoms with van der Waals surface area (Å²) in [7, 11) is 0. The van der Waals surface area contributed by atoms with Crippen LogP contribution >= 0.6 is 22.6 Å². The topological polar surface area (TPSA) is 46.5 Å². The highest BCUT2D eigenvalue weighted by atomic mass is 127. The molecule has 4 aliphatic rings. The molecule has 1 aromatic rings. The third-order valence-corrected chi connectivity index (χ3v) is 11.2. The molecule has 170 valence electrons. The number of halogens is 1. The number of carbonyl (C=O) groups is 1. The number of hydrogen-bond acceptors (Lipinski definition) is 3. The lowest BCUT2D eigenvalue weighted by atomic mass is 9.44. The van der Waals surface area contributed by atoms with Crippen LogP contribution in [0.2, 0.25) is 0 Å². The van der Waals surface area contributed by atoms with Gasteiger partial charge in [0.25, 0.3) is 0 Å². The number of esters is 1. The molecule has 0 saturated heterocycles. The first-order chi connectivity index (χ1) is 14.6. The number of fused-ring (bicyclic) bond motifs is 5. The molecule has 4 heteroatoms. The first kappa shape index (κ1) is 22.2. The van der Waals surface area contributed by atoms with Crippen molar-refractivity contribution in [3.63, 3.8) is 0 Å². The number of hydrogen-bond donors (Lipinski definition) is 1. The Balaban J connectivity index is 1.28. The fourth-order valence-electron chi connectivity index (χ4n) is 8.40. The highest BCUT2D eigenvalue weighted by Gasteiger charge is 2.63. The van der Waals surface area contributed by atoms with Crippen molar-refractivity contribution in [2.24, 2.45) is 34.5 Å². The molecule has 8 atom stereocenters. The Bertz CT molecular complexity index is 866. The van der Waals surface area contributed by atoms with Gasteiger partial charge in [-0.1, -0.05) is 19.9 Å². The van der Waals surface area contributed by atoms with E-state index in [4.69, 9.17) is 4.74 Å². The van der Waals surface area contributed by atoms with E-state index in [1.54, 1.807) is 0 Å². The standard InChI is InChI=1S/C27H37IO3/c1-25-12-9-20(31-24(29)17-5-4-6-19(28)15-17)16-18(25)7-8-21-22(25)10-13-26(2)23(21)11-14-27(26,3)30/h4-6,15,18,20-23,30H,7-14,16H2,1-3H3. The first-order valence-electron chi connectivity index (χ1n) is 12.3. The van der Waals surface area contributed by atoms with Gasteiger partial charge >= 0.3 is 5.97 Å². The van der Waals surface area contributed by atoms with E-state index in [2.05, 4.69) is 43.4 Å². The monoisotopic (exact) mass is 536 g/mol. The fraction of sp³-hybridized carbons (Fsp3) is 0.741. The van der Waals surface area contributed by atoms with Crippen molar-refractivity contribution in [2.45, 2.75) is 90.3 Å². The Kier molecular flexibility index (Phi) is 5.52. The van der Waals surface area contributed by atoms with Crippen LogP contribution in [0.15, 0.2) is 24.3 Å². The molecular formula is C27H37IO3. The van der Waals surface area contributed by atoms with Crippen LogP contribution in [0.3, 0.4) is 0 Å². The summed E-state index contributed by atoms with van der Waals surface area (Å²) in [5, 5.41) is 11.1. The lowest BCUT2D eigenvalue weighted by Gasteiger charge is -2.61. The molecule has 0 aromatic heterocycles. The molecule has 0 heterocycles. The van der Waals surface area contributed by atoms with Crippen LogP contribution in [0.5, 0.6) is 0 Å². The maximum atomic E-state index is 12.7. The zero-order valence-corrected chi connectivity index (χ0v) is 21.4. The second-order valence-corrected chi connectivity index (χ2v) is 13.0. The molecule has 0 amide bonds. The SMILES string of the molecule is CC12CCC(OC(=O)c3cccc(I)c3)CC1CCC1C2CCC2(C)C1CCC2(C)O. The van der Waals surface area contributed by atoms with Crippen LogP contribution in [-0.4, -0.2) is 22.8 Å². The normalized spacial score (nSPS) is 46.5. The average Bonchev–Trinajstić information content (AvgIpc) is 2.97. The molecule has 4 fully saturated rings. The lowest BCUT2D eigenvalue weighted by molar-refractivity contribution is -0.153. The number of carbonyl (C=O) groups excluding carboxylic acids is 1. The van der Waals surface area contributed by atoms with Crippen molar-refractivity contribution in [3.05, 3.63) is 33.4 Å². The van der Waals surface area contributed by atoms with E-state index in [0.717, 1.165) is 34.7 Å². The number of benzene rings is 1. The largest absolute Gasteiger partial charge is 0.459 e. The van der Waals surface area contributed by atoms with Crippen LogP contribution in [0.4, 0.5) is 0 Å². The number of ether oxygens (including phenoxy) is 1. The second-order valence-electron chi connectivity index (χ2n) is 11.7. The van der Waals surface area contributed by atoms with Crippen molar-refractivity contribution < 1.29 is 14.6 Å². The van der Waals surface area contributed by atoms with Gasteiger partial charge in [0.1, 0.15) is 6.10 Å². The maximum absolute atomic E-state index is 12.7. The van der Waals surface area contributed by atoms with E-state index in [9.17, 15) is 9.90 Å². The molecule has 4 saturated carbocycles. The van der Waals surface area contributed by atoms with E-state index < -0.39 is 5.60 Å². The molecule has 1 aromatic carbocycles. The summed E-state index contributed by atoms with van der Waals surface area (Å²) in [6, 6.07) is 7.70. The van der Waals surface area contributed by atoms with Gasteiger partial charge in [0.2, 0.25) is 0 Å². The van der Waals surface area contributed by atoms with E-state index in [1.807, 2.05) is 24.3 Å². The van der Waals surface area contributed by atoms with Crippen LogP contribution < -0.4 is 0 Å². The Labute approximate surface area is 200 Å². The quantitative estimate of drug-likeness (QED) is 0.342. The minimum absolute atomic E-state index is 0.0565. The van der Waals surface area contributed by atoms with Crippen LogP contribution in [-0.2, 0) is 4.74 Å². The predicted octanol–water partition coefficient (Wildman–Crippen LogP) is 6.61. The zero-order chi connectivity index (χ0) is 22.0. The van der Waals surface area contributed by atoms with E-state index in [0.29, 0.717) is 22.8 Å². The molecule has 4 aliphatic carbocycles. The van der Waals surface area contributed by atoms with Crippen molar-refractivity contribution in [3.8, 4) is 0 Å². The van der Waals surface area contributed by atoms with Crippen molar-refractivity contribution in [2.75, 3.05) is 0 Å². The van der Waals surface area contributed by atoms with E-state index >= 15 is 0 Å². The van der Waals surface area contributed by atoms with Gasteiger partial charge in [0.15, 0.2) is 0 Å². The van der Waals surface area contributed by atoms with Gasteiger partial charge in [-0.2, -0.15) is 0 Å². The summed E-state index contributed by atoms with van der Waals surface area (Å²) >= 11 is 2.24. The van der Waals surface area contributed by atoms with Crippen LogP contribution in [0, 0.1) is 38.1 Å². The smallest absolute Gasteiger partial charge is 0.338 e. The van der Waals surface area contributed by atoms with Crippen molar-refractivity contribution in [1.82, 2.24) is 0 Å². The minimum Gasteiger partial charge on any atom is -0.459 e. The Morgan fingerprint density at radius 3 is 2.58 bits per heavy atom. The molecule has 8 unspecified atom stereocenters. The molecule has 0 spiro atoms. The van der Waals surface area contributed by atoms with Gasteiger partial charge in [-0.25, -0.2) is 4.79 Å². The molecule has 1 N–H and O–H groups in total.